The van der Waals surface area contributed by atoms with Gasteiger partial charge in [0.1, 0.15) is 5.82 Å². The molecule has 1 aromatic carbocycles. The van der Waals surface area contributed by atoms with Crippen molar-refractivity contribution in [3.8, 4) is 0 Å². The van der Waals surface area contributed by atoms with E-state index in [0.29, 0.717) is 0 Å². The Kier molecular flexibility index (Phi) is 5.62. The fourth-order valence-electron chi connectivity index (χ4n) is 1.48. The Bertz CT molecular complexity index is 482. The van der Waals surface area contributed by atoms with Crippen molar-refractivity contribution >= 4 is 29.4 Å². The van der Waals surface area contributed by atoms with Crippen LogP contribution in [0, 0.1) is 5.82 Å². The van der Waals surface area contributed by atoms with Crippen molar-refractivity contribution in [1.82, 2.24) is 5.32 Å². The summed E-state index contributed by atoms with van der Waals surface area (Å²) in [5.41, 5.74) is -0.226. The molecule has 0 aromatic heterocycles. The van der Waals surface area contributed by atoms with E-state index >= 15 is 0 Å². The van der Waals surface area contributed by atoms with Gasteiger partial charge in [0.05, 0.1) is 11.3 Å². The molecule has 0 spiro atoms. The lowest BCUT2D eigenvalue weighted by molar-refractivity contribution is 0.0697. The van der Waals surface area contributed by atoms with E-state index in [9.17, 15) is 14.0 Å². The van der Waals surface area contributed by atoms with Crippen LogP contribution in [-0.2, 0) is 0 Å². The number of carboxylic acids is 1. The molecule has 0 aliphatic carbocycles. The van der Waals surface area contributed by atoms with Gasteiger partial charge in [-0.3, -0.25) is 0 Å². The van der Waals surface area contributed by atoms with Crippen LogP contribution in [0.1, 0.15) is 17.3 Å². The number of halogens is 1. The second-order valence-electron chi connectivity index (χ2n) is 3.95. The number of anilines is 1. The highest BCUT2D eigenvalue weighted by atomic mass is 32.2. The predicted molar refractivity (Wildman–Crippen MR) is 73.4 cm³/mol. The van der Waals surface area contributed by atoms with E-state index < -0.39 is 17.8 Å². The molecule has 0 saturated heterocycles. The van der Waals surface area contributed by atoms with E-state index in [2.05, 4.69) is 10.6 Å². The second kappa shape index (κ2) is 6.98. The zero-order valence-electron chi connectivity index (χ0n) is 10.6. The molecular weight excluding hydrogens is 271 g/mol. The summed E-state index contributed by atoms with van der Waals surface area (Å²) >= 11 is 1.58. The number of nitrogens with one attached hydrogen (secondary N) is 2. The third-order valence-corrected chi connectivity index (χ3v) is 3.09. The van der Waals surface area contributed by atoms with Crippen molar-refractivity contribution in [3.63, 3.8) is 0 Å². The Labute approximate surface area is 114 Å². The fourth-order valence-corrected chi connectivity index (χ4v) is 2.06. The predicted octanol–water partition coefficient (Wildman–Crippen LogP) is 2.40. The molecule has 1 atom stereocenters. The Morgan fingerprint density at radius 3 is 2.74 bits per heavy atom. The van der Waals surface area contributed by atoms with Crippen molar-refractivity contribution in [2.24, 2.45) is 0 Å². The second-order valence-corrected chi connectivity index (χ2v) is 4.86. The fraction of sp³-hybridized carbons (Fsp3) is 0.333. The van der Waals surface area contributed by atoms with E-state index in [-0.39, 0.29) is 17.3 Å². The van der Waals surface area contributed by atoms with Gasteiger partial charge in [0, 0.05) is 11.8 Å². The van der Waals surface area contributed by atoms with E-state index in [1.807, 2.05) is 13.2 Å². The molecule has 1 unspecified atom stereocenters. The highest BCUT2D eigenvalue weighted by Crippen LogP contribution is 2.17. The number of carbonyl (C=O) groups is 2. The molecule has 0 aliphatic rings. The molecule has 19 heavy (non-hydrogen) atoms. The summed E-state index contributed by atoms with van der Waals surface area (Å²) in [6, 6.07) is 2.60. The smallest absolute Gasteiger partial charge is 0.337 e. The van der Waals surface area contributed by atoms with Crippen LogP contribution in [0.3, 0.4) is 0 Å². The topological polar surface area (TPSA) is 78.4 Å². The van der Waals surface area contributed by atoms with Gasteiger partial charge in [-0.25, -0.2) is 14.0 Å². The van der Waals surface area contributed by atoms with E-state index in [4.69, 9.17) is 5.11 Å². The average Bonchev–Trinajstić information content (AvgIpc) is 2.31. The number of rotatable bonds is 5. The van der Waals surface area contributed by atoms with Crippen LogP contribution in [0.25, 0.3) is 0 Å². The average molecular weight is 286 g/mol. The number of carbonyl (C=O) groups excluding carboxylic acids is 1. The van der Waals surface area contributed by atoms with E-state index in [1.165, 1.54) is 6.07 Å². The molecule has 7 heteroatoms. The molecule has 2 amide bonds. The van der Waals surface area contributed by atoms with Crippen LogP contribution in [0.15, 0.2) is 18.2 Å². The SMILES string of the molecule is CSCC(C)NC(=O)Nc1ccc(F)cc1C(=O)O. The molecule has 0 heterocycles. The van der Waals surface area contributed by atoms with Gasteiger partial charge in [0.2, 0.25) is 0 Å². The summed E-state index contributed by atoms with van der Waals surface area (Å²) in [6.07, 6.45) is 1.92. The third-order valence-electron chi connectivity index (χ3n) is 2.25. The molecular formula is C12H15FN2O3S. The molecule has 104 valence electrons. The summed E-state index contributed by atoms with van der Waals surface area (Å²) in [4.78, 5) is 22.6. The first-order valence-electron chi connectivity index (χ1n) is 5.53. The van der Waals surface area contributed by atoms with E-state index in [0.717, 1.165) is 17.9 Å². The Morgan fingerprint density at radius 2 is 2.16 bits per heavy atom. The molecule has 0 bridgehead atoms. The normalized spacial score (nSPS) is 11.7. The number of hydrogen-bond acceptors (Lipinski definition) is 3. The standard InChI is InChI=1S/C12H15FN2O3S/c1-7(6-19-2)14-12(18)15-10-4-3-8(13)5-9(10)11(16)17/h3-5,7H,6H2,1-2H3,(H,16,17)(H2,14,15,18). The lowest BCUT2D eigenvalue weighted by atomic mass is 10.1. The zero-order chi connectivity index (χ0) is 14.4. The van der Waals surface area contributed by atoms with Crippen molar-refractivity contribution in [3.05, 3.63) is 29.6 Å². The van der Waals surface area contributed by atoms with Crippen LogP contribution in [0.4, 0.5) is 14.9 Å². The van der Waals surface area contributed by atoms with Crippen LogP contribution in [-0.4, -0.2) is 35.2 Å². The number of amides is 2. The van der Waals surface area contributed by atoms with Crippen molar-refractivity contribution in [2.45, 2.75) is 13.0 Å². The number of urea groups is 1. The van der Waals surface area contributed by atoms with Gasteiger partial charge < -0.3 is 15.7 Å². The van der Waals surface area contributed by atoms with Gasteiger partial charge in [-0.2, -0.15) is 11.8 Å². The first kappa shape index (κ1) is 15.3. The Balaban J connectivity index is 2.76. The van der Waals surface area contributed by atoms with Gasteiger partial charge >= 0.3 is 12.0 Å². The molecule has 3 N–H and O–H groups in total. The highest BCUT2D eigenvalue weighted by molar-refractivity contribution is 7.98. The van der Waals surface area contributed by atoms with Crippen molar-refractivity contribution < 1.29 is 19.1 Å². The molecule has 5 nitrogen and oxygen atoms in total. The summed E-state index contributed by atoms with van der Waals surface area (Å²) in [5.74, 6) is -1.23. The van der Waals surface area contributed by atoms with E-state index in [1.54, 1.807) is 11.8 Å². The van der Waals surface area contributed by atoms with Crippen LogP contribution < -0.4 is 10.6 Å². The number of aromatic carboxylic acids is 1. The maximum absolute atomic E-state index is 13.0. The molecule has 1 aromatic rings. The van der Waals surface area contributed by atoms with Crippen molar-refractivity contribution in [2.75, 3.05) is 17.3 Å². The highest BCUT2D eigenvalue weighted by Gasteiger charge is 2.14. The lowest BCUT2D eigenvalue weighted by Gasteiger charge is -2.14. The van der Waals surface area contributed by atoms with Gasteiger partial charge in [0.15, 0.2) is 0 Å². The summed E-state index contributed by atoms with van der Waals surface area (Å²) in [7, 11) is 0. The van der Waals surface area contributed by atoms with Gasteiger partial charge in [0.25, 0.3) is 0 Å². The Hall–Kier alpha value is -1.76. The first-order valence-corrected chi connectivity index (χ1v) is 6.92. The van der Waals surface area contributed by atoms with Gasteiger partial charge in [-0.05, 0) is 31.4 Å². The van der Waals surface area contributed by atoms with Crippen molar-refractivity contribution in [1.29, 1.82) is 0 Å². The zero-order valence-corrected chi connectivity index (χ0v) is 11.4. The number of benzene rings is 1. The molecule has 0 radical (unpaired) electrons. The summed E-state index contributed by atoms with van der Waals surface area (Å²) < 4.78 is 13.0. The number of carboxylic acid groups (broad SMARTS) is 1. The minimum atomic E-state index is -1.30. The quantitative estimate of drug-likeness (QED) is 0.776. The third kappa shape index (κ3) is 4.78. The molecule has 0 aliphatic heterocycles. The molecule has 1 rings (SSSR count). The first-order chi connectivity index (χ1) is 8.93. The van der Waals surface area contributed by atoms with Crippen LogP contribution in [0.5, 0.6) is 0 Å². The lowest BCUT2D eigenvalue weighted by Crippen LogP contribution is -2.37. The minimum Gasteiger partial charge on any atom is -0.478 e. The number of thioether (sulfide) groups is 1. The number of hydrogen-bond donors (Lipinski definition) is 3. The molecule has 0 fully saturated rings. The van der Waals surface area contributed by atoms with Crippen LogP contribution >= 0.6 is 11.8 Å². The van der Waals surface area contributed by atoms with Crippen LogP contribution in [0.2, 0.25) is 0 Å². The largest absolute Gasteiger partial charge is 0.478 e. The molecule has 0 saturated carbocycles. The monoisotopic (exact) mass is 286 g/mol. The van der Waals surface area contributed by atoms with Gasteiger partial charge in [-0.1, -0.05) is 0 Å². The maximum atomic E-state index is 13.0. The van der Waals surface area contributed by atoms with Gasteiger partial charge in [-0.15, -0.1) is 0 Å². The summed E-state index contributed by atoms with van der Waals surface area (Å²) in [6.45, 7) is 1.83. The maximum Gasteiger partial charge on any atom is 0.337 e. The Morgan fingerprint density at radius 1 is 1.47 bits per heavy atom. The minimum absolute atomic E-state index is 0.0521. The summed E-state index contributed by atoms with van der Waals surface area (Å²) in [5, 5.41) is 14.0.